The fraction of sp³-hybridized carbons (Fsp3) is 0. The molecule has 0 unspecified atom stereocenters. The van der Waals surface area contributed by atoms with Crippen LogP contribution in [0.4, 0.5) is 0 Å². The van der Waals surface area contributed by atoms with E-state index < -0.39 is 0 Å². The molecule has 1 nitrogen and oxygen atoms in total. The van der Waals surface area contributed by atoms with E-state index in [0.29, 0.717) is 0 Å². The lowest BCUT2D eigenvalue weighted by atomic mass is 10.4. The normalized spacial score (nSPS) is 7.00. The summed E-state index contributed by atoms with van der Waals surface area (Å²) >= 11 is 2.28. The summed E-state index contributed by atoms with van der Waals surface area (Å²) in [4.78, 5) is 0. The zero-order chi connectivity index (χ0) is 7.11. The van der Waals surface area contributed by atoms with Gasteiger partial charge in [-0.05, 0) is 34.7 Å². The van der Waals surface area contributed by atoms with Gasteiger partial charge in [-0.15, -0.1) is 0 Å². The van der Waals surface area contributed by atoms with E-state index in [0.717, 1.165) is 0 Å². The third-order valence-electron chi connectivity index (χ3n) is 0.733. The van der Waals surface area contributed by atoms with Gasteiger partial charge in [0.1, 0.15) is 0 Å². The van der Waals surface area contributed by atoms with Crippen LogP contribution in [0.3, 0.4) is 0 Å². The summed E-state index contributed by atoms with van der Waals surface area (Å²) in [6, 6.07) is 10.2. The molecule has 0 spiro atoms. The van der Waals surface area contributed by atoms with Crippen molar-refractivity contribution in [3.05, 3.63) is 33.9 Å². The molecule has 0 saturated heterocycles. The molecule has 46 valence electrons. The molecule has 1 aromatic carbocycles. The zero-order valence-corrected chi connectivity index (χ0v) is 6.95. The first-order chi connectivity index (χ1) is 4.39. The fourth-order valence-corrected chi connectivity index (χ4v) is 0.830. The highest BCUT2D eigenvalue weighted by Crippen LogP contribution is 1.99. The Kier molecular flexibility index (Phi) is 5.23. The van der Waals surface area contributed by atoms with Crippen molar-refractivity contribution in [2.45, 2.75) is 0 Å². The average Bonchev–Trinajstić information content (AvgIpc) is 1.94. The predicted molar refractivity (Wildman–Crippen MR) is 45.8 cm³/mol. The maximum atomic E-state index is 6.50. The van der Waals surface area contributed by atoms with Crippen molar-refractivity contribution in [3.8, 4) is 6.57 Å². The molecule has 1 rings (SSSR count). The average molecular weight is 231 g/mol. The van der Waals surface area contributed by atoms with Crippen LogP contribution in [0.25, 0.3) is 0 Å². The minimum Gasteiger partial charge on any atom is -0.202 e. The van der Waals surface area contributed by atoms with E-state index in [1.165, 1.54) is 3.57 Å². The Morgan fingerprint density at radius 2 is 1.56 bits per heavy atom. The second-order valence-corrected chi connectivity index (χ2v) is 2.54. The smallest absolute Gasteiger partial charge is 0.0462 e. The Morgan fingerprint density at radius 1 is 1.11 bits per heavy atom. The van der Waals surface area contributed by atoms with Crippen LogP contribution in [-0.2, 0) is 0 Å². The summed E-state index contributed by atoms with van der Waals surface area (Å²) < 4.78 is 1.29. The molecule has 0 N–H and O–H groups in total. The van der Waals surface area contributed by atoms with Crippen LogP contribution in [0.5, 0.6) is 0 Å². The van der Waals surface area contributed by atoms with Crippen molar-refractivity contribution in [1.29, 1.82) is 5.26 Å². The van der Waals surface area contributed by atoms with Crippen LogP contribution in [0.15, 0.2) is 30.3 Å². The summed E-state index contributed by atoms with van der Waals surface area (Å²) in [5.74, 6) is 0. The Bertz CT molecular complexity index is 169. The molecule has 0 aliphatic rings. The number of hydrogen-bond donors (Lipinski definition) is 0. The Morgan fingerprint density at radius 3 is 1.78 bits per heavy atom. The van der Waals surface area contributed by atoms with Crippen LogP contribution in [-0.4, -0.2) is 0 Å². The lowest BCUT2D eigenvalue weighted by Crippen LogP contribution is -1.61. The van der Waals surface area contributed by atoms with Gasteiger partial charge in [-0.25, -0.2) is 5.26 Å². The van der Waals surface area contributed by atoms with E-state index in [9.17, 15) is 0 Å². The molecular formula is C7H6IN. The Labute approximate surface area is 68.5 Å². The number of hydrogen-bond acceptors (Lipinski definition) is 1. The van der Waals surface area contributed by atoms with Gasteiger partial charge in [0.05, 0.1) is 0 Å². The van der Waals surface area contributed by atoms with Gasteiger partial charge in [0.15, 0.2) is 0 Å². The quantitative estimate of drug-likeness (QED) is 0.629. The molecule has 0 bridgehead atoms. The molecular weight excluding hydrogens is 225 g/mol. The second kappa shape index (κ2) is 5.57. The standard InChI is InChI=1S/C6H5I.CHN/c7-6-4-2-1-3-5-6;1-2/h1-5H;1H. The van der Waals surface area contributed by atoms with Gasteiger partial charge in [0.25, 0.3) is 0 Å². The van der Waals surface area contributed by atoms with Gasteiger partial charge < -0.3 is 0 Å². The molecule has 2 heteroatoms. The number of benzene rings is 1. The highest BCUT2D eigenvalue weighted by atomic mass is 127. The first kappa shape index (κ1) is 8.44. The summed E-state index contributed by atoms with van der Waals surface area (Å²) in [7, 11) is 0. The molecule has 0 amide bonds. The van der Waals surface area contributed by atoms with Gasteiger partial charge in [-0.2, -0.15) is 0 Å². The summed E-state index contributed by atoms with van der Waals surface area (Å²) in [5.41, 5.74) is 0. The third kappa shape index (κ3) is 3.98. The molecule has 9 heavy (non-hydrogen) atoms. The van der Waals surface area contributed by atoms with E-state index in [4.69, 9.17) is 5.26 Å². The van der Waals surface area contributed by atoms with Crippen LogP contribution < -0.4 is 0 Å². The summed E-state index contributed by atoms with van der Waals surface area (Å²) in [6.07, 6.45) is 0. The van der Waals surface area contributed by atoms with E-state index in [1.807, 2.05) is 18.2 Å². The molecule has 0 heterocycles. The highest BCUT2D eigenvalue weighted by Gasteiger charge is 1.74. The van der Waals surface area contributed by atoms with Crippen molar-refractivity contribution < 1.29 is 0 Å². The van der Waals surface area contributed by atoms with Crippen molar-refractivity contribution >= 4 is 22.6 Å². The maximum Gasteiger partial charge on any atom is 0.0462 e. The summed E-state index contributed by atoms with van der Waals surface area (Å²) in [5, 5.41) is 6.50. The highest BCUT2D eigenvalue weighted by molar-refractivity contribution is 14.1. The van der Waals surface area contributed by atoms with Gasteiger partial charge in [-0.3, -0.25) is 0 Å². The number of halogens is 1. The maximum absolute atomic E-state index is 6.50. The van der Waals surface area contributed by atoms with E-state index in [-0.39, 0.29) is 0 Å². The van der Waals surface area contributed by atoms with Crippen LogP contribution in [0, 0.1) is 15.4 Å². The Balaban J connectivity index is 0.000000291. The molecule has 1 aromatic rings. The van der Waals surface area contributed by atoms with Crippen LogP contribution in [0.2, 0.25) is 0 Å². The van der Waals surface area contributed by atoms with E-state index in [2.05, 4.69) is 41.3 Å². The number of nitriles is 1. The van der Waals surface area contributed by atoms with Crippen molar-refractivity contribution in [1.82, 2.24) is 0 Å². The third-order valence-corrected chi connectivity index (χ3v) is 1.45. The molecule has 0 aromatic heterocycles. The van der Waals surface area contributed by atoms with Crippen LogP contribution >= 0.6 is 22.6 Å². The number of nitrogens with zero attached hydrogens (tertiary/aromatic N) is 1. The largest absolute Gasteiger partial charge is 0.202 e. The lowest BCUT2D eigenvalue weighted by molar-refractivity contribution is 1.58. The minimum atomic E-state index is 1.29. The van der Waals surface area contributed by atoms with Gasteiger partial charge in [0, 0.05) is 10.1 Å². The fourth-order valence-electron chi connectivity index (χ4n) is 0.415. The van der Waals surface area contributed by atoms with Crippen molar-refractivity contribution in [2.75, 3.05) is 0 Å². The van der Waals surface area contributed by atoms with Crippen molar-refractivity contribution in [2.24, 2.45) is 0 Å². The zero-order valence-electron chi connectivity index (χ0n) is 4.79. The van der Waals surface area contributed by atoms with Crippen LogP contribution in [0.1, 0.15) is 0 Å². The minimum absolute atomic E-state index is 1.29. The van der Waals surface area contributed by atoms with Gasteiger partial charge in [-0.1, -0.05) is 18.2 Å². The number of rotatable bonds is 0. The van der Waals surface area contributed by atoms with Crippen molar-refractivity contribution in [3.63, 3.8) is 0 Å². The first-order valence-corrected chi connectivity index (χ1v) is 3.44. The molecule has 0 atom stereocenters. The van der Waals surface area contributed by atoms with E-state index in [1.54, 1.807) is 0 Å². The molecule has 0 aliphatic heterocycles. The second-order valence-electron chi connectivity index (χ2n) is 1.30. The molecule has 0 radical (unpaired) electrons. The SMILES string of the molecule is C#N.Ic1ccccc1. The van der Waals surface area contributed by atoms with Gasteiger partial charge in [0.2, 0.25) is 0 Å². The van der Waals surface area contributed by atoms with Gasteiger partial charge >= 0.3 is 0 Å². The molecule has 0 aliphatic carbocycles. The predicted octanol–water partition coefficient (Wildman–Crippen LogP) is 2.43. The molecule has 0 fully saturated rings. The first-order valence-electron chi connectivity index (χ1n) is 2.36. The molecule has 0 saturated carbocycles. The lowest BCUT2D eigenvalue weighted by Gasteiger charge is -1.80. The van der Waals surface area contributed by atoms with E-state index >= 15 is 0 Å². The Hall–Kier alpha value is -0.560. The topological polar surface area (TPSA) is 23.8 Å². The summed E-state index contributed by atoms with van der Waals surface area (Å²) in [6.45, 7) is 3.50. The monoisotopic (exact) mass is 231 g/mol.